The third kappa shape index (κ3) is 3.45. The Morgan fingerprint density at radius 3 is 2.60 bits per heavy atom. The molecule has 5 heteroatoms. The maximum atomic E-state index is 10.8. The third-order valence-electron chi connectivity index (χ3n) is 3.17. The summed E-state index contributed by atoms with van der Waals surface area (Å²) >= 11 is 0. The topological polar surface area (TPSA) is 67.2 Å². The van der Waals surface area contributed by atoms with Crippen molar-refractivity contribution in [3.63, 3.8) is 0 Å². The molecule has 0 aliphatic heterocycles. The lowest BCUT2D eigenvalue weighted by molar-refractivity contribution is 0.0697. The molecule has 5 nitrogen and oxygen atoms in total. The van der Waals surface area contributed by atoms with Gasteiger partial charge in [-0.15, -0.1) is 0 Å². The highest BCUT2D eigenvalue weighted by Crippen LogP contribution is 2.08. The minimum atomic E-state index is -0.896. The van der Waals surface area contributed by atoms with Crippen LogP contribution in [-0.4, -0.2) is 20.9 Å². The van der Waals surface area contributed by atoms with E-state index in [4.69, 9.17) is 5.11 Å². The van der Waals surface area contributed by atoms with E-state index in [-0.39, 0.29) is 0 Å². The fourth-order valence-corrected chi connectivity index (χ4v) is 2.14. The average Bonchev–Trinajstić information content (AvgIpc) is 2.79. The van der Waals surface area contributed by atoms with Crippen LogP contribution in [0, 0.1) is 0 Å². The van der Waals surface area contributed by atoms with Gasteiger partial charge in [0.05, 0.1) is 11.3 Å². The van der Waals surface area contributed by atoms with E-state index in [2.05, 4.69) is 17.3 Å². The molecule has 1 heterocycles. The molecule has 2 rings (SSSR count). The van der Waals surface area contributed by atoms with E-state index in [9.17, 15) is 4.79 Å². The number of benzene rings is 1. The van der Waals surface area contributed by atoms with Crippen molar-refractivity contribution in [2.24, 2.45) is 7.05 Å². The van der Waals surface area contributed by atoms with E-state index >= 15 is 0 Å². The molecule has 0 aliphatic rings. The SMILES string of the molecule is CCc1nn(C)cc1CNCc1ccc(C(=O)O)cc1. The second-order valence-corrected chi connectivity index (χ2v) is 4.73. The van der Waals surface area contributed by atoms with E-state index < -0.39 is 5.97 Å². The minimum Gasteiger partial charge on any atom is -0.478 e. The van der Waals surface area contributed by atoms with E-state index in [0.29, 0.717) is 12.1 Å². The fraction of sp³-hybridized carbons (Fsp3) is 0.333. The Labute approximate surface area is 118 Å². The summed E-state index contributed by atoms with van der Waals surface area (Å²) in [6, 6.07) is 6.92. The summed E-state index contributed by atoms with van der Waals surface area (Å²) in [6.07, 6.45) is 2.95. The Bertz CT molecular complexity index is 588. The molecule has 0 amide bonds. The molecule has 0 saturated heterocycles. The van der Waals surface area contributed by atoms with Crippen LogP contribution in [0.5, 0.6) is 0 Å². The zero-order valence-corrected chi connectivity index (χ0v) is 11.8. The van der Waals surface area contributed by atoms with E-state index in [0.717, 1.165) is 24.2 Å². The van der Waals surface area contributed by atoms with Crippen LogP contribution in [-0.2, 0) is 26.6 Å². The molecule has 106 valence electrons. The molecule has 0 aliphatic carbocycles. The van der Waals surface area contributed by atoms with E-state index in [1.54, 1.807) is 12.1 Å². The van der Waals surface area contributed by atoms with Gasteiger partial charge in [0.2, 0.25) is 0 Å². The first-order valence-electron chi connectivity index (χ1n) is 6.64. The fourth-order valence-electron chi connectivity index (χ4n) is 2.14. The Morgan fingerprint density at radius 1 is 1.30 bits per heavy atom. The minimum absolute atomic E-state index is 0.314. The van der Waals surface area contributed by atoms with Crippen LogP contribution >= 0.6 is 0 Å². The number of aryl methyl sites for hydroxylation is 2. The monoisotopic (exact) mass is 273 g/mol. The van der Waals surface area contributed by atoms with Gasteiger partial charge in [-0.3, -0.25) is 4.68 Å². The van der Waals surface area contributed by atoms with Gasteiger partial charge in [-0.25, -0.2) is 4.79 Å². The molecular formula is C15H19N3O2. The second kappa shape index (κ2) is 6.34. The molecule has 0 radical (unpaired) electrons. The summed E-state index contributed by atoms with van der Waals surface area (Å²) in [4.78, 5) is 10.8. The highest BCUT2D eigenvalue weighted by molar-refractivity contribution is 5.87. The average molecular weight is 273 g/mol. The zero-order chi connectivity index (χ0) is 14.5. The summed E-state index contributed by atoms with van der Waals surface area (Å²) in [5.74, 6) is -0.896. The van der Waals surface area contributed by atoms with Crippen LogP contribution in [0.1, 0.15) is 34.1 Å². The first-order chi connectivity index (χ1) is 9.60. The van der Waals surface area contributed by atoms with Crippen molar-refractivity contribution < 1.29 is 9.90 Å². The van der Waals surface area contributed by atoms with Crippen LogP contribution in [0.15, 0.2) is 30.5 Å². The van der Waals surface area contributed by atoms with Crippen molar-refractivity contribution in [3.8, 4) is 0 Å². The Hall–Kier alpha value is -2.14. The van der Waals surface area contributed by atoms with Crippen molar-refractivity contribution in [2.75, 3.05) is 0 Å². The molecule has 0 spiro atoms. The quantitative estimate of drug-likeness (QED) is 0.844. The van der Waals surface area contributed by atoms with Crippen LogP contribution in [0.3, 0.4) is 0 Å². The normalized spacial score (nSPS) is 10.7. The number of carboxylic acids is 1. The van der Waals surface area contributed by atoms with Gasteiger partial charge in [0, 0.05) is 31.9 Å². The number of aromatic nitrogens is 2. The second-order valence-electron chi connectivity index (χ2n) is 4.73. The molecule has 20 heavy (non-hydrogen) atoms. The molecule has 0 unspecified atom stereocenters. The van der Waals surface area contributed by atoms with E-state index in [1.165, 1.54) is 5.56 Å². The number of nitrogens with one attached hydrogen (secondary N) is 1. The maximum Gasteiger partial charge on any atom is 0.335 e. The van der Waals surface area contributed by atoms with Crippen LogP contribution in [0.2, 0.25) is 0 Å². The number of rotatable bonds is 6. The Morgan fingerprint density at radius 2 is 2.00 bits per heavy atom. The smallest absolute Gasteiger partial charge is 0.335 e. The molecule has 2 aromatic rings. The van der Waals surface area contributed by atoms with Gasteiger partial charge in [-0.05, 0) is 24.1 Å². The summed E-state index contributed by atoms with van der Waals surface area (Å²) in [6.45, 7) is 3.56. The van der Waals surface area contributed by atoms with Crippen LogP contribution in [0.4, 0.5) is 0 Å². The Balaban J connectivity index is 1.90. The van der Waals surface area contributed by atoms with Crippen molar-refractivity contribution in [1.29, 1.82) is 0 Å². The Kier molecular flexibility index (Phi) is 4.53. The first kappa shape index (κ1) is 14.3. The number of aromatic carboxylic acids is 1. The predicted molar refractivity (Wildman–Crippen MR) is 76.5 cm³/mol. The lowest BCUT2D eigenvalue weighted by Crippen LogP contribution is -2.13. The first-order valence-corrected chi connectivity index (χ1v) is 6.64. The standard InChI is InChI=1S/C15H19N3O2/c1-3-14-13(10-18(2)17-14)9-16-8-11-4-6-12(7-5-11)15(19)20/h4-7,10,16H,3,8-9H2,1-2H3,(H,19,20). The lowest BCUT2D eigenvalue weighted by Gasteiger charge is -2.05. The van der Waals surface area contributed by atoms with Gasteiger partial charge in [-0.1, -0.05) is 19.1 Å². The molecular weight excluding hydrogens is 254 g/mol. The number of hydrogen-bond donors (Lipinski definition) is 2. The molecule has 0 fully saturated rings. The molecule has 1 aromatic heterocycles. The van der Waals surface area contributed by atoms with Gasteiger partial charge < -0.3 is 10.4 Å². The predicted octanol–water partition coefficient (Wildman–Crippen LogP) is 1.97. The van der Waals surface area contributed by atoms with E-state index in [1.807, 2.05) is 30.1 Å². The number of carboxylic acid groups (broad SMARTS) is 1. The van der Waals surface area contributed by atoms with Crippen LogP contribution < -0.4 is 5.32 Å². The third-order valence-corrected chi connectivity index (χ3v) is 3.17. The summed E-state index contributed by atoms with van der Waals surface area (Å²) in [5.41, 5.74) is 3.70. The molecule has 0 saturated carbocycles. The highest BCUT2D eigenvalue weighted by atomic mass is 16.4. The number of carbonyl (C=O) groups is 1. The number of hydrogen-bond acceptors (Lipinski definition) is 3. The van der Waals surface area contributed by atoms with Gasteiger partial charge in [0.15, 0.2) is 0 Å². The van der Waals surface area contributed by atoms with Gasteiger partial charge >= 0.3 is 5.97 Å². The van der Waals surface area contributed by atoms with Gasteiger partial charge in [0.25, 0.3) is 0 Å². The van der Waals surface area contributed by atoms with Crippen molar-refractivity contribution >= 4 is 5.97 Å². The van der Waals surface area contributed by atoms with Crippen molar-refractivity contribution in [1.82, 2.24) is 15.1 Å². The molecule has 2 N–H and O–H groups in total. The summed E-state index contributed by atoms with van der Waals surface area (Å²) in [7, 11) is 1.92. The summed E-state index contributed by atoms with van der Waals surface area (Å²) < 4.78 is 1.83. The number of nitrogens with zero attached hydrogens (tertiary/aromatic N) is 2. The van der Waals surface area contributed by atoms with Crippen molar-refractivity contribution in [3.05, 3.63) is 52.8 Å². The van der Waals surface area contributed by atoms with Crippen molar-refractivity contribution in [2.45, 2.75) is 26.4 Å². The van der Waals surface area contributed by atoms with Gasteiger partial charge in [0.1, 0.15) is 0 Å². The van der Waals surface area contributed by atoms with Crippen LogP contribution in [0.25, 0.3) is 0 Å². The highest BCUT2D eigenvalue weighted by Gasteiger charge is 2.05. The summed E-state index contributed by atoms with van der Waals surface area (Å²) in [5, 5.41) is 16.6. The molecule has 0 bridgehead atoms. The maximum absolute atomic E-state index is 10.8. The lowest BCUT2D eigenvalue weighted by atomic mass is 10.1. The molecule has 0 atom stereocenters. The zero-order valence-electron chi connectivity index (χ0n) is 11.8. The largest absolute Gasteiger partial charge is 0.478 e. The molecule has 1 aromatic carbocycles. The van der Waals surface area contributed by atoms with Gasteiger partial charge in [-0.2, -0.15) is 5.10 Å².